The first-order chi connectivity index (χ1) is 7.95. The van der Waals surface area contributed by atoms with Gasteiger partial charge in [0.15, 0.2) is 0 Å². The molecule has 5 heteroatoms. The smallest absolute Gasteiger partial charge is 0.201 e. The molecule has 2 aromatic rings. The van der Waals surface area contributed by atoms with Crippen LogP contribution in [0.15, 0.2) is 22.7 Å². The van der Waals surface area contributed by atoms with Crippen molar-refractivity contribution < 1.29 is 4.74 Å². The van der Waals surface area contributed by atoms with Crippen molar-refractivity contribution in [3.63, 3.8) is 0 Å². The molecule has 1 aromatic carbocycles. The zero-order valence-electron chi connectivity index (χ0n) is 10.2. The standard InChI is InChI=1S/C12H16BrN3O/c1-12(2,7-17-3)16-10-6-8(13)4-5-9(10)15-11(16)14/h4-6H,7H2,1-3H3,(H2,14,15). The van der Waals surface area contributed by atoms with Crippen LogP contribution in [0, 0.1) is 0 Å². The lowest BCUT2D eigenvalue weighted by molar-refractivity contribution is 0.113. The molecule has 0 aliphatic rings. The Balaban J connectivity index is 2.67. The van der Waals surface area contributed by atoms with Gasteiger partial charge in [0.05, 0.1) is 23.2 Å². The summed E-state index contributed by atoms with van der Waals surface area (Å²) in [4.78, 5) is 4.37. The van der Waals surface area contributed by atoms with Crippen LogP contribution < -0.4 is 5.73 Å². The number of aromatic nitrogens is 2. The largest absolute Gasteiger partial charge is 0.382 e. The van der Waals surface area contributed by atoms with Gasteiger partial charge in [-0.3, -0.25) is 0 Å². The van der Waals surface area contributed by atoms with Gasteiger partial charge in [0.2, 0.25) is 5.95 Å². The summed E-state index contributed by atoms with van der Waals surface area (Å²) in [5, 5.41) is 0. The fourth-order valence-corrected chi connectivity index (χ4v) is 2.47. The van der Waals surface area contributed by atoms with Crippen LogP contribution in [0.4, 0.5) is 5.95 Å². The SMILES string of the molecule is COCC(C)(C)n1c(N)nc2ccc(Br)cc21. The fourth-order valence-electron chi connectivity index (χ4n) is 2.12. The molecular formula is C12H16BrN3O. The second-order valence-electron chi connectivity index (χ2n) is 4.68. The van der Waals surface area contributed by atoms with Crippen LogP contribution in [0.1, 0.15) is 13.8 Å². The number of nitrogens with zero attached hydrogens (tertiary/aromatic N) is 2. The number of fused-ring (bicyclic) bond motifs is 1. The number of nitrogen functional groups attached to an aromatic ring is 1. The summed E-state index contributed by atoms with van der Waals surface area (Å²) in [7, 11) is 1.69. The van der Waals surface area contributed by atoms with Gasteiger partial charge in [-0.1, -0.05) is 15.9 Å². The van der Waals surface area contributed by atoms with E-state index in [0.717, 1.165) is 15.5 Å². The number of imidazole rings is 1. The minimum Gasteiger partial charge on any atom is -0.382 e. The number of halogens is 1. The Hall–Kier alpha value is -1.07. The van der Waals surface area contributed by atoms with Crippen LogP contribution in [0.25, 0.3) is 11.0 Å². The van der Waals surface area contributed by atoms with Gasteiger partial charge in [0.1, 0.15) is 0 Å². The molecule has 1 heterocycles. The molecule has 17 heavy (non-hydrogen) atoms. The summed E-state index contributed by atoms with van der Waals surface area (Å²) in [6.07, 6.45) is 0. The molecule has 0 saturated heterocycles. The van der Waals surface area contributed by atoms with Gasteiger partial charge in [-0.2, -0.15) is 0 Å². The minimum absolute atomic E-state index is 0.228. The van der Waals surface area contributed by atoms with E-state index >= 15 is 0 Å². The van der Waals surface area contributed by atoms with Crippen LogP contribution in [0.2, 0.25) is 0 Å². The van der Waals surface area contributed by atoms with Crippen molar-refractivity contribution in [2.45, 2.75) is 19.4 Å². The summed E-state index contributed by atoms with van der Waals surface area (Å²) in [5.41, 5.74) is 7.68. The van der Waals surface area contributed by atoms with E-state index in [0.29, 0.717) is 12.6 Å². The lowest BCUT2D eigenvalue weighted by Gasteiger charge is -2.27. The average Bonchev–Trinajstić information content (AvgIpc) is 2.53. The topological polar surface area (TPSA) is 53.1 Å². The lowest BCUT2D eigenvalue weighted by atomic mass is 10.1. The third kappa shape index (κ3) is 2.17. The molecule has 2 rings (SSSR count). The van der Waals surface area contributed by atoms with Crippen LogP contribution in [0.3, 0.4) is 0 Å². The quantitative estimate of drug-likeness (QED) is 0.948. The highest BCUT2D eigenvalue weighted by molar-refractivity contribution is 9.10. The lowest BCUT2D eigenvalue weighted by Crippen LogP contribution is -2.32. The summed E-state index contributed by atoms with van der Waals surface area (Å²) in [6.45, 7) is 4.74. The van der Waals surface area contributed by atoms with Gasteiger partial charge in [0.25, 0.3) is 0 Å². The van der Waals surface area contributed by atoms with E-state index in [4.69, 9.17) is 10.5 Å². The molecule has 0 aliphatic carbocycles. The first-order valence-electron chi connectivity index (χ1n) is 5.38. The first kappa shape index (κ1) is 12.4. The summed E-state index contributed by atoms with van der Waals surface area (Å²) in [5.74, 6) is 0.514. The maximum Gasteiger partial charge on any atom is 0.201 e. The summed E-state index contributed by atoms with van der Waals surface area (Å²) in [6, 6.07) is 5.94. The van der Waals surface area contributed by atoms with Crippen molar-refractivity contribution in [1.29, 1.82) is 0 Å². The van der Waals surface area contributed by atoms with E-state index in [1.54, 1.807) is 7.11 Å². The molecule has 0 unspecified atom stereocenters. The molecule has 4 nitrogen and oxygen atoms in total. The van der Waals surface area contributed by atoms with Crippen molar-refractivity contribution in [3.8, 4) is 0 Å². The first-order valence-corrected chi connectivity index (χ1v) is 6.18. The maximum atomic E-state index is 6.00. The molecule has 0 spiro atoms. The number of rotatable bonds is 3. The van der Waals surface area contributed by atoms with E-state index in [-0.39, 0.29) is 5.54 Å². The molecule has 1 aromatic heterocycles. The molecule has 0 aliphatic heterocycles. The van der Waals surface area contributed by atoms with E-state index in [9.17, 15) is 0 Å². The molecule has 0 amide bonds. The molecule has 0 atom stereocenters. The zero-order chi connectivity index (χ0) is 12.6. The number of benzene rings is 1. The van der Waals surface area contributed by atoms with Crippen LogP contribution in [-0.2, 0) is 10.3 Å². The molecule has 0 radical (unpaired) electrons. The van der Waals surface area contributed by atoms with E-state index in [2.05, 4.69) is 34.8 Å². The second-order valence-corrected chi connectivity index (χ2v) is 5.60. The highest BCUT2D eigenvalue weighted by Crippen LogP contribution is 2.28. The zero-order valence-corrected chi connectivity index (χ0v) is 11.8. The molecule has 92 valence electrons. The normalized spacial score (nSPS) is 12.2. The van der Waals surface area contributed by atoms with Crippen LogP contribution in [-0.4, -0.2) is 23.3 Å². The Bertz CT molecular complexity index is 548. The van der Waals surface area contributed by atoms with Crippen molar-refractivity contribution in [2.24, 2.45) is 0 Å². The molecule has 0 bridgehead atoms. The van der Waals surface area contributed by atoms with Crippen molar-refractivity contribution in [2.75, 3.05) is 19.5 Å². The predicted molar refractivity (Wildman–Crippen MR) is 73.0 cm³/mol. The number of methoxy groups -OCH3 is 1. The van der Waals surface area contributed by atoms with Gasteiger partial charge in [-0.25, -0.2) is 4.98 Å². The van der Waals surface area contributed by atoms with Gasteiger partial charge in [-0.15, -0.1) is 0 Å². The Morgan fingerprint density at radius 3 is 2.82 bits per heavy atom. The van der Waals surface area contributed by atoms with Crippen molar-refractivity contribution >= 4 is 32.9 Å². The van der Waals surface area contributed by atoms with Crippen molar-refractivity contribution in [1.82, 2.24) is 9.55 Å². The van der Waals surface area contributed by atoms with Crippen LogP contribution >= 0.6 is 15.9 Å². The molecule has 0 fully saturated rings. The van der Waals surface area contributed by atoms with Crippen molar-refractivity contribution in [3.05, 3.63) is 22.7 Å². The Labute approximate surface area is 109 Å². The number of hydrogen-bond acceptors (Lipinski definition) is 3. The summed E-state index contributed by atoms with van der Waals surface area (Å²) < 4.78 is 8.27. The fraction of sp³-hybridized carbons (Fsp3) is 0.417. The van der Waals surface area contributed by atoms with E-state index in [1.807, 2.05) is 22.8 Å². The number of hydrogen-bond donors (Lipinski definition) is 1. The Morgan fingerprint density at radius 2 is 2.18 bits per heavy atom. The van der Waals surface area contributed by atoms with Gasteiger partial charge < -0.3 is 15.0 Å². The van der Waals surface area contributed by atoms with Gasteiger partial charge >= 0.3 is 0 Å². The van der Waals surface area contributed by atoms with Gasteiger partial charge in [0, 0.05) is 11.6 Å². The molecule has 0 saturated carbocycles. The highest BCUT2D eigenvalue weighted by atomic mass is 79.9. The van der Waals surface area contributed by atoms with E-state index < -0.39 is 0 Å². The number of ether oxygens (including phenoxy) is 1. The monoisotopic (exact) mass is 297 g/mol. The average molecular weight is 298 g/mol. The molecule has 2 N–H and O–H groups in total. The number of anilines is 1. The third-order valence-corrected chi connectivity index (χ3v) is 3.24. The Morgan fingerprint density at radius 1 is 1.47 bits per heavy atom. The van der Waals surface area contributed by atoms with Crippen LogP contribution in [0.5, 0.6) is 0 Å². The predicted octanol–water partition coefficient (Wildman–Crippen LogP) is 2.76. The second kappa shape index (κ2) is 4.31. The summed E-state index contributed by atoms with van der Waals surface area (Å²) >= 11 is 3.47. The van der Waals surface area contributed by atoms with Gasteiger partial charge in [-0.05, 0) is 32.0 Å². The van der Waals surface area contributed by atoms with E-state index in [1.165, 1.54) is 0 Å². The maximum absolute atomic E-state index is 6.00. The number of nitrogens with two attached hydrogens (primary N) is 1. The Kier molecular flexibility index (Phi) is 3.14. The molecular weight excluding hydrogens is 282 g/mol. The highest BCUT2D eigenvalue weighted by Gasteiger charge is 2.25. The third-order valence-electron chi connectivity index (χ3n) is 2.75. The minimum atomic E-state index is -0.228.